The van der Waals surface area contributed by atoms with Gasteiger partial charge in [-0.3, -0.25) is 0 Å². The van der Waals surface area contributed by atoms with Crippen LogP contribution < -0.4 is 10.0 Å². The van der Waals surface area contributed by atoms with Gasteiger partial charge >= 0.3 is 0 Å². The molecule has 1 atom stereocenters. The van der Waals surface area contributed by atoms with Gasteiger partial charge in [0.05, 0.1) is 5.75 Å². The molecule has 0 rings (SSSR count). The summed E-state index contributed by atoms with van der Waals surface area (Å²) in [5, 5.41) is 3.06. The second kappa shape index (κ2) is 7.17. The summed E-state index contributed by atoms with van der Waals surface area (Å²) in [5.74, 6) is 0.515. The van der Waals surface area contributed by atoms with Gasteiger partial charge in [0.1, 0.15) is 0 Å². The fraction of sp³-hybridized carbons (Fsp3) is 1.00. The molecule has 0 aliphatic heterocycles. The van der Waals surface area contributed by atoms with Gasteiger partial charge in [0, 0.05) is 20.3 Å². The van der Waals surface area contributed by atoms with E-state index in [0.717, 1.165) is 6.54 Å². The number of rotatable bonds is 8. The summed E-state index contributed by atoms with van der Waals surface area (Å²) in [5.41, 5.74) is 0. The molecule has 14 heavy (non-hydrogen) atoms. The fourth-order valence-corrected chi connectivity index (χ4v) is 1.62. The maximum Gasteiger partial charge on any atom is 0.212 e. The molecule has 0 bridgehead atoms. The fourth-order valence-electron chi connectivity index (χ4n) is 1.00. The van der Waals surface area contributed by atoms with Crippen LogP contribution >= 0.6 is 0 Å². The molecule has 1 unspecified atom stereocenters. The molecule has 0 aliphatic carbocycles. The lowest BCUT2D eigenvalue weighted by molar-refractivity contribution is 0.159. The summed E-state index contributed by atoms with van der Waals surface area (Å²) in [6.07, 6.45) is 0. The highest BCUT2D eigenvalue weighted by Crippen LogP contribution is 1.91. The molecule has 0 fully saturated rings. The first-order chi connectivity index (χ1) is 6.52. The second-order valence-corrected chi connectivity index (χ2v) is 5.33. The van der Waals surface area contributed by atoms with Crippen molar-refractivity contribution in [3.05, 3.63) is 0 Å². The normalized spacial score (nSPS) is 14.2. The van der Waals surface area contributed by atoms with E-state index in [0.29, 0.717) is 19.1 Å². The van der Waals surface area contributed by atoms with E-state index in [2.05, 4.69) is 10.0 Å². The highest BCUT2D eigenvalue weighted by Gasteiger charge is 2.06. The summed E-state index contributed by atoms with van der Waals surface area (Å²) in [6.45, 7) is 3.97. The van der Waals surface area contributed by atoms with Crippen molar-refractivity contribution in [1.82, 2.24) is 10.0 Å². The zero-order valence-corrected chi connectivity index (χ0v) is 9.86. The van der Waals surface area contributed by atoms with Crippen molar-refractivity contribution in [3.63, 3.8) is 0 Å². The largest absolute Gasteiger partial charge is 0.384 e. The van der Waals surface area contributed by atoms with E-state index in [-0.39, 0.29) is 5.75 Å². The van der Waals surface area contributed by atoms with Crippen LogP contribution in [-0.4, -0.2) is 48.0 Å². The molecule has 5 nitrogen and oxygen atoms in total. The maximum atomic E-state index is 11.0. The average Bonchev–Trinajstić information content (AvgIpc) is 2.13. The van der Waals surface area contributed by atoms with E-state index in [9.17, 15) is 8.42 Å². The van der Waals surface area contributed by atoms with Crippen LogP contribution in [0.2, 0.25) is 0 Å². The van der Waals surface area contributed by atoms with Crippen molar-refractivity contribution in [2.75, 3.05) is 39.6 Å². The molecule has 6 heteroatoms. The minimum Gasteiger partial charge on any atom is -0.384 e. The van der Waals surface area contributed by atoms with Crippen molar-refractivity contribution < 1.29 is 13.2 Å². The van der Waals surface area contributed by atoms with Gasteiger partial charge in [-0.05, 0) is 19.5 Å². The number of hydrogen-bond acceptors (Lipinski definition) is 4. The van der Waals surface area contributed by atoms with Crippen LogP contribution in [0.5, 0.6) is 0 Å². The predicted octanol–water partition coefficient (Wildman–Crippen LogP) is -0.592. The van der Waals surface area contributed by atoms with E-state index >= 15 is 0 Å². The average molecular weight is 224 g/mol. The number of ether oxygens (including phenoxy) is 1. The standard InChI is InChI=1S/C8H20N2O3S/c1-8(7-13-3)6-10-4-5-14(11,12)9-2/h8-10H,4-7H2,1-3H3. The first-order valence-corrected chi connectivity index (χ1v) is 6.28. The van der Waals surface area contributed by atoms with Crippen LogP contribution in [0.4, 0.5) is 0 Å². The van der Waals surface area contributed by atoms with Gasteiger partial charge in [-0.25, -0.2) is 13.1 Å². The molecule has 0 radical (unpaired) electrons. The maximum absolute atomic E-state index is 11.0. The van der Waals surface area contributed by atoms with Gasteiger partial charge in [0.15, 0.2) is 0 Å². The van der Waals surface area contributed by atoms with Crippen LogP contribution in [0.1, 0.15) is 6.92 Å². The summed E-state index contributed by atoms with van der Waals surface area (Å²) in [4.78, 5) is 0. The third-order valence-electron chi connectivity index (χ3n) is 1.80. The van der Waals surface area contributed by atoms with Gasteiger partial charge in [-0.2, -0.15) is 0 Å². The summed E-state index contributed by atoms with van der Waals surface area (Å²) in [7, 11) is 0.000779. The van der Waals surface area contributed by atoms with Crippen LogP contribution in [0.25, 0.3) is 0 Å². The molecule has 0 saturated heterocycles. The van der Waals surface area contributed by atoms with Gasteiger partial charge in [0.25, 0.3) is 0 Å². The number of nitrogens with one attached hydrogen (secondary N) is 2. The molecule has 0 saturated carbocycles. The number of sulfonamides is 1. The molecule has 2 N–H and O–H groups in total. The zero-order valence-electron chi connectivity index (χ0n) is 9.04. The summed E-state index contributed by atoms with van der Waals surface area (Å²) in [6, 6.07) is 0. The molecule has 86 valence electrons. The van der Waals surface area contributed by atoms with Crippen molar-refractivity contribution >= 4 is 10.0 Å². The molecule has 0 aromatic heterocycles. The molecule has 0 amide bonds. The van der Waals surface area contributed by atoms with E-state index in [4.69, 9.17) is 4.74 Å². The van der Waals surface area contributed by atoms with Crippen molar-refractivity contribution in [1.29, 1.82) is 0 Å². The predicted molar refractivity (Wildman–Crippen MR) is 56.8 cm³/mol. The summed E-state index contributed by atoms with van der Waals surface area (Å²) < 4.78 is 29.2. The minimum absolute atomic E-state index is 0.114. The molecule has 0 spiro atoms. The van der Waals surface area contributed by atoms with Gasteiger partial charge in [-0.15, -0.1) is 0 Å². The van der Waals surface area contributed by atoms with Crippen molar-refractivity contribution in [3.8, 4) is 0 Å². The lowest BCUT2D eigenvalue weighted by Crippen LogP contribution is -2.32. The Hall–Kier alpha value is -0.170. The van der Waals surface area contributed by atoms with Crippen molar-refractivity contribution in [2.45, 2.75) is 6.92 Å². The lowest BCUT2D eigenvalue weighted by Gasteiger charge is -2.11. The molecule has 0 aromatic rings. The van der Waals surface area contributed by atoms with E-state index in [1.54, 1.807) is 7.11 Å². The SMILES string of the molecule is CNS(=O)(=O)CCNCC(C)COC. The smallest absolute Gasteiger partial charge is 0.212 e. The molecule has 0 heterocycles. The Bertz CT molecular complexity index is 229. The summed E-state index contributed by atoms with van der Waals surface area (Å²) >= 11 is 0. The highest BCUT2D eigenvalue weighted by molar-refractivity contribution is 7.89. The Morgan fingerprint density at radius 1 is 1.43 bits per heavy atom. The van der Waals surface area contributed by atoms with Crippen LogP contribution in [-0.2, 0) is 14.8 Å². The second-order valence-electron chi connectivity index (χ2n) is 3.29. The van der Waals surface area contributed by atoms with Gasteiger partial charge in [0.2, 0.25) is 10.0 Å². The van der Waals surface area contributed by atoms with Crippen LogP contribution in [0.15, 0.2) is 0 Å². The number of methoxy groups -OCH3 is 1. The molecule has 0 aliphatic rings. The topological polar surface area (TPSA) is 67.4 Å². The minimum atomic E-state index is -3.07. The Labute approximate surface area is 86.3 Å². The van der Waals surface area contributed by atoms with E-state index in [1.807, 2.05) is 6.92 Å². The lowest BCUT2D eigenvalue weighted by atomic mass is 10.2. The quantitative estimate of drug-likeness (QED) is 0.541. The zero-order chi connectivity index (χ0) is 11.0. The van der Waals surface area contributed by atoms with E-state index in [1.165, 1.54) is 7.05 Å². The van der Waals surface area contributed by atoms with Crippen molar-refractivity contribution in [2.24, 2.45) is 5.92 Å². The van der Waals surface area contributed by atoms with Gasteiger partial charge in [-0.1, -0.05) is 6.92 Å². The molecular formula is C8H20N2O3S. The Morgan fingerprint density at radius 3 is 2.57 bits per heavy atom. The molecule has 0 aromatic carbocycles. The Kier molecular flexibility index (Phi) is 7.08. The molecular weight excluding hydrogens is 204 g/mol. The number of hydrogen-bond donors (Lipinski definition) is 2. The van der Waals surface area contributed by atoms with Crippen LogP contribution in [0.3, 0.4) is 0 Å². The first-order valence-electron chi connectivity index (χ1n) is 4.62. The van der Waals surface area contributed by atoms with Gasteiger partial charge < -0.3 is 10.1 Å². The van der Waals surface area contributed by atoms with Crippen LogP contribution in [0, 0.1) is 5.92 Å². The first kappa shape index (κ1) is 13.8. The monoisotopic (exact) mass is 224 g/mol. The highest BCUT2D eigenvalue weighted by atomic mass is 32.2. The Balaban J connectivity index is 3.47. The third-order valence-corrected chi connectivity index (χ3v) is 3.17. The Morgan fingerprint density at radius 2 is 2.07 bits per heavy atom. The van der Waals surface area contributed by atoms with E-state index < -0.39 is 10.0 Å². The third kappa shape index (κ3) is 7.25.